The van der Waals surface area contributed by atoms with Crippen molar-refractivity contribution < 1.29 is 8.97 Å². The lowest BCUT2D eigenvalue weighted by atomic mass is 10.1. The van der Waals surface area contributed by atoms with Crippen molar-refractivity contribution in [1.82, 2.24) is 0 Å². The summed E-state index contributed by atoms with van der Waals surface area (Å²) in [5, 5.41) is 0. The lowest BCUT2D eigenvalue weighted by Gasteiger charge is -2.45. The minimum atomic E-state index is 0.558. The van der Waals surface area contributed by atoms with E-state index in [-0.39, 0.29) is 0 Å². The average Bonchev–Trinajstić information content (AvgIpc) is 2.79. The van der Waals surface area contributed by atoms with Crippen LogP contribution in [-0.2, 0) is 0 Å². The van der Waals surface area contributed by atoms with E-state index in [4.69, 9.17) is 0 Å². The molecule has 0 aromatic carbocycles. The molecule has 0 spiro atoms. The van der Waals surface area contributed by atoms with E-state index in [1.54, 1.807) is 0 Å². The Kier molecular flexibility index (Phi) is 21.7. The Bertz CT molecular complexity index is 416. The van der Waals surface area contributed by atoms with Crippen molar-refractivity contribution in [2.24, 2.45) is 0 Å². The second-order valence-corrected chi connectivity index (χ2v) is 12.3. The van der Waals surface area contributed by atoms with E-state index in [0.29, 0.717) is 6.17 Å². The Morgan fingerprint density at radius 2 is 0.706 bits per heavy atom. The van der Waals surface area contributed by atoms with Crippen molar-refractivity contribution in [3.63, 3.8) is 0 Å². The van der Waals surface area contributed by atoms with Crippen LogP contribution in [-0.4, -0.2) is 56.4 Å². The van der Waals surface area contributed by atoms with Gasteiger partial charge in [-0.15, -0.1) is 0 Å². The molecule has 0 aromatic heterocycles. The van der Waals surface area contributed by atoms with Crippen molar-refractivity contribution >= 4 is 0 Å². The first-order valence-corrected chi connectivity index (χ1v) is 15.6. The van der Waals surface area contributed by atoms with Gasteiger partial charge in [-0.1, -0.05) is 123 Å². The summed E-state index contributed by atoms with van der Waals surface area (Å²) in [6.45, 7) is 9.40. The van der Waals surface area contributed by atoms with Crippen LogP contribution in [0.3, 0.4) is 0 Å². The molecule has 0 saturated carbocycles. The molecule has 0 radical (unpaired) electrons. The molecule has 34 heavy (non-hydrogen) atoms. The molecule has 0 aliphatic heterocycles. The highest BCUT2D eigenvalue weighted by Gasteiger charge is 2.38. The number of quaternary nitrogens is 2. The molecule has 0 aliphatic rings. The topological polar surface area (TPSA) is 0 Å². The Morgan fingerprint density at radius 3 is 0.971 bits per heavy atom. The average molecular weight is 481 g/mol. The summed E-state index contributed by atoms with van der Waals surface area (Å²) in [4.78, 5) is 0. The molecular weight excluding hydrogens is 412 g/mol. The molecule has 2 nitrogen and oxygen atoms in total. The number of hydrogen-bond donors (Lipinski definition) is 0. The summed E-state index contributed by atoms with van der Waals surface area (Å²) in [6.07, 6.45) is 33.8. The zero-order valence-electron chi connectivity index (χ0n) is 25.2. The minimum absolute atomic E-state index is 0.558. The van der Waals surface area contributed by atoms with Crippen molar-refractivity contribution in [1.29, 1.82) is 0 Å². The monoisotopic (exact) mass is 481 g/mol. The molecule has 0 bridgehead atoms. The molecular formula is C32H68N2+2. The van der Waals surface area contributed by atoms with Crippen LogP contribution in [0, 0.1) is 0 Å². The molecule has 0 amide bonds. The fourth-order valence-electron chi connectivity index (χ4n) is 5.76. The SMILES string of the molecule is CC=CC([N+](C)(C)CCCCCCCCCCCC)[N+](C)(C)CCCCCCCCCCCC. The summed E-state index contributed by atoms with van der Waals surface area (Å²) in [5.41, 5.74) is 0. The van der Waals surface area contributed by atoms with Crippen LogP contribution in [0.25, 0.3) is 0 Å². The predicted molar refractivity (Wildman–Crippen MR) is 156 cm³/mol. The first kappa shape index (κ1) is 33.7. The summed E-state index contributed by atoms with van der Waals surface area (Å²) >= 11 is 0. The first-order chi connectivity index (χ1) is 16.3. The van der Waals surface area contributed by atoms with Gasteiger partial charge in [-0.3, -0.25) is 8.97 Å². The van der Waals surface area contributed by atoms with Crippen LogP contribution in [0.2, 0.25) is 0 Å². The normalized spacial score (nSPS) is 12.9. The third-order valence-corrected chi connectivity index (χ3v) is 7.97. The van der Waals surface area contributed by atoms with Gasteiger partial charge in [-0.05, 0) is 32.6 Å². The number of allylic oxidation sites excluding steroid dienone is 1. The van der Waals surface area contributed by atoms with Crippen LogP contribution < -0.4 is 0 Å². The number of unbranched alkanes of at least 4 members (excludes halogenated alkanes) is 18. The predicted octanol–water partition coefficient (Wildman–Crippen LogP) is 9.88. The lowest BCUT2D eigenvalue weighted by molar-refractivity contribution is -1.10. The van der Waals surface area contributed by atoms with E-state index >= 15 is 0 Å². The third-order valence-electron chi connectivity index (χ3n) is 7.97. The summed E-state index contributed by atoms with van der Waals surface area (Å²) in [7, 11) is 9.88. The van der Waals surface area contributed by atoms with Gasteiger partial charge in [-0.2, -0.15) is 0 Å². The van der Waals surface area contributed by atoms with E-state index in [1.807, 2.05) is 0 Å². The third kappa shape index (κ3) is 18.0. The Labute approximate surface area is 217 Å². The van der Waals surface area contributed by atoms with Gasteiger partial charge in [0.05, 0.1) is 41.3 Å². The summed E-state index contributed by atoms with van der Waals surface area (Å²) in [5.74, 6) is 0. The maximum Gasteiger partial charge on any atom is 0.235 e. The number of likely N-dealkylation sites (N-methyl/N-ethyl adjacent to an activating group) is 2. The van der Waals surface area contributed by atoms with E-state index in [9.17, 15) is 0 Å². The van der Waals surface area contributed by atoms with Crippen LogP contribution in [0.15, 0.2) is 12.2 Å². The van der Waals surface area contributed by atoms with Gasteiger partial charge in [0.1, 0.15) is 0 Å². The molecule has 0 aliphatic carbocycles. The minimum Gasteiger partial charge on any atom is -0.276 e. The Hall–Kier alpha value is -0.340. The van der Waals surface area contributed by atoms with Crippen LogP contribution in [0.5, 0.6) is 0 Å². The smallest absolute Gasteiger partial charge is 0.235 e. The highest BCUT2D eigenvalue weighted by molar-refractivity contribution is 4.82. The first-order valence-electron chi connectivity index (χ1n) is 15.6. The highest BCUT2D eigenvalue weighted by Crippen LogP contribution is 2.22. The molecule has 0 saturated heterocycles. The highest BCUT2D eigenvalue weighted by atomic mass is 15.5. The maximum absolute atomic E-state index is 2.49. The Balaban J connectivity index is 4.17. The summed E-state index contributed by atoms with van der Waals surface area (Å²) in [6, 6.07) is 0. The van der Waals surface area contributed by atoms with Crippen LogP contribution in [0.1, 0.15) is 149 Å². The lowest BCUT2D eigenvalue weighted by Crippen LogP contribution is -2.64. The molecule has 204 valence electrons. The fraction of sp³-hybridized carbons (Fsp3) is 0.938. The number of hydrogen-bond acceptors (Lipinski definition) is 0. The van der Waals surface area contributed by atoms with Gasteiger partial charge in [0.2, 0.25) is 6.17 Å². The molecule has 0 atom stereocenters. The van der Waals surface area contributed by atoms with Crippen molar-refractivity contribution in [3.8, 4) is 0 Å². The molecule has 0 heterocycles. The zero-order valence-corrected chi connectivity index (χ0v) is 25.2. The molecule has 0 unspecified atom stereocenters. The van der Waals surface area contributed by atoms with Gasteiger partial charge in [0.25, 0.3) is 0 Å². The quantitative estimate of drug-likeness (QED) is 0.0527. The molecule has 0 aromatic rings. The van der Waals surface area contributed by atoms with Gasteiger partial charge >= 0.3 is 0 Å². The van der Waals surface area contributed by atoms with Gasteiger partial charge < -0.3 is 0 Å². The maximum atomic E-state index is 2.49. The number of rotatable bonds is 25. The van der Waals surface area contributed by atoms with E-state index in [1.165, 1.54) is 142 Å². The van der Waals surface area contributed by atoms with E-state index in [2.05, 4.69) is 61.1 Å². The second kappa shape index (κ2) is 21.9. The van der Waals surface area contributed by atoms with Crippen molar-refractivity contribution in [2.75, 3.05) is 41.3 Å². The van der Waals surface area contributed by atoms with Crippen molar-refractivity contribution in [3.05, 3.63) is 12.2 Å². The molecule has 0 rings (SSSR count). The van der Waals surface area contributed by atoms with Gasteiger partial charge in [0.15, 0.2) is 0 Å². The molecule has 0 N–H and O–H groups in total. The largest absolute Gasteiger partial charge is 0.276 e. The zero-order chi connectivity index (χ0) is 25.5. The standard InChI is InChI=1S/C32H68N2/c1-8-11-13-15-17-19-21-23-25-27-30-33(4,5)32(29-10-3)34(6,7)31-28-26-24-22-20-18-16-14-12-9-2/h10,29,32H,8-9,11-28,30-31H2,1-7H3/q+2. The fourth-order valence-corrected chi connectivity index (χ4v) is 5.76. The summed E-state index contributed by atoms with van der Waals surface area (Å²) < 4.78 is 2.23. The van der Waals surface area contributed by atoms with E-state index in [0.717, 1.165) is 8.97 Å². The molecule has 2 heteroatoms. The van der Waals surface area contributed by atoms with Gasteiger partial charge in [0, 0.05) is 6.08 Å². The number of nitrogens with zero attached hydrogens (tertiary/aromatic N) is 2. The van der Waals surface area contributed by atoms with Crippen LogP contribution >= 0.6 is 0 Å². The van der Waals surface area contributed by atoms with Crippen molar-refractivity contribution in [2.45, 2.75) is 155 Å². The van der Waals surface area contributed by atoms with Crippen LogP contribution in [0.4, 0.5) is 0 Å². The van der Waals surface area contributed by atoms with Gasteiger partial charge in [-0.25, -0.2) is 0 Å². The second-order valence-electron chi connectivity index (χ2n) is 12.3. The van der Waals surface area contributed by atoms with E-state index < -0.39 is 0 Å². The Morgan fingerprint density at radius 1 is 0.441 bits per heavy atom. The molecule has 0 fully saturated rings.